The Balaban J connectivity index is 1.42. The van der Waals surface area contributed by atoms with Gasteiger partial charge in [-0.3, -0.25) is 14.3 Å². The van der Waals surface area contributed by atoms with Gasteiger partial charge in [0.15, 0.2) is 0 Å². The van der Waals surface area contributed by atoms with Crippen LogP contribution in [0.3, 0.4) is 0 Å². The molecular formula is C27H24N4O2S. The zero-order valence-corrected chi connectivity index (χ0v) is 19.3. The molecule has 7 heteroatoms. The van der Waals surface area contributed by atoms with Crippen LogP contribution in [0.4, 0.5) is 0 Å². The molecule has 0 saturated carbocycles. The van der Waals surface area contributed by atoms with Crippen LogP contribution in [0.1, 0.15) is 22.3 Å². The Hall–Kier alpha value is -3.97. The maximum atomic E-state index is 13.2. The molecular weight excluding hydrogens is 444 g/mol. The standard InChI is InChI=1S/C27H24N4O2S/c28-27(33)23-15-20-9-4-5-10-21(20)18-31(23)25(32)13-12-22-17-30(16-19-7-2-1-3-8-19)29-26(22)24-11-6-14-34-24/h1-14,17,23H,15-16,18H2,(H2,28,33)/b13-12+. The molecule has 5 rings (SSSR count). The van der Waals surface area contributed by atoms with E-state index in [1.165, 1.54) is 6.08 Å². The highest BCUT2D eigenvalue weighted by Gasteiger charge is 2.32. The van der Waals surface area contributed by atoms with Gasteiger partial charge in [-0.05, 0) is 34.2 Å². The van der Waals surface area contributed by atoms with Crippen LogP contribution >= 0.6 is 11.3 Å². The predicted octanol–water partition coefficient (Wildman–Crippen LogP) is 4.11. The summed E-state index contributed by atoms with van der Waals surface area (Å²) in [6, 6.07) is 21.3. The van der Waals surface area contributed by atoms with Gasteiger partial charge in [0.1, 0.15) is 11.7 Å². The molecule has 0 saturated heterocycles. The van der Waals surface area contributed by atoms with Crippen molar-refractivity contribution < 1.29 is 9.59 Å². The normalized spacial score (nSPS) is 15.4. The fourth-order valence-electron chi connectivity index (χ4n) is 4.28. The van der Waals surface area contributed by atoms with Gasteiger partial charge in [-0.2, -0.15) is 5.10 Å². The largest absolute Gasteiger partial charge is 0.368 e. The van der Waals surface area contributed by atoms with Gasteiger partial charge in [0.05, 0.1) is 11.4 Å². The number of nitrogens with two attached hydrogens (primary N) is 1. The van der Waals surface area contributed by atoms with Crippen molar-refractivity contribution in [2.24, 2.45) is 5.73 Å². The molecule has 6 nitrogen and oxygen atoms in total. The van der Waals surface area contributed by atoms with Crippen molar-refractivity contribution in [1.29, 1.82) is 0 Å². The molecule has 0 radical (unpaired) electrons. The summed E-state index contributed by atoms with van der Waals surface area (Å²) in [5.74, 6) is -0.738. The van der Waals surface area contributed by atoms with Crippen molar-refractivity contribution in [3.05, 3.63) is 107 Å². The number of aromatic nitrogens is 2. The number of carbonyl (C=O) groups excluding carboxylic acids is 2. The first kappa shape index (κ1) is 21.9. The highest BCUT2D eigenvalue weighted by atomic mass is 32.1. The molecule has 0 bridgehead atoms. The van der Waals surface area contributed by atoms with Crippen LogP contribution in [-0.4, -0.2) is 32.5 Å². The Labute approximate surface area is 201 Å². The van der Waals surface area contributed by atoms with Crippen LogP contribution in [-0.2, 0) is 29.1 Å². The molecule has 2 N–H and O–H groups in total. The number of benzene rings is 2. The second kappa shape index (κ2) is 9.49. The van der Waals surface area contributed by atoms with Crippen LogP contribution in [0, 0.1) is 0 Å². The summed E-state index contributed by atoms with van der Waals surface area (Å²) in [5, 5.41) is 6.79. The van der Waals surface area contributed by atoms with Gasteiger partial charge in [-0.1, -0.05) is 60.7 Å². The molecule has 1 aliphatic rings. The van der Waals surface area contributed by atoms with E-state index in [4.69, 9.17) is 10.8 Å². The van der Waals surface area contributed by atoms with E-state index in [0.717, 1.165) is 32.8 Å². The predicted molar refractivity (Wildman–Crippen MR) is 134 cm³/mol. The lowest BCUT2D eigenvalue weighted by molar-refractivity contribution is -0.136. The van der Waals surface area contributed by atoms with Gasteiger partial charge in [-0.25, -0.2) is 0 Å². The fourth-order valence-corrected chi connectivity index (χ4v) is 5.01. The zero-order chi connectivity index (χ0) is 23.5. The van der Waals surface area contributed by atoms with E-state index in [1.807, 2.05) is 70.9 Å². The first-order valence-electron chi connectivity index (χ1n) is 11.1. The molecule has 2 aromatic carbocycles. The molecule has 1 atom stereocenters. The van der Waals surface area contributed by atoms with Crippen LogP contribution in [0.5, 0.6) is 0 Å². The summed E-state index contributed by atoms with van der Waals surface area (Å²) in [5.41, 5.74) is 10.6. The lowest BCUT2D eigenvalue weighted by Gasteiger charge is -2.34. The third-order valence-corrected chi connectivity index (χ3v) is 6.87. The molecule has 2 amide bonds. The van der Waals surface area contributed by atoms with Crippen molar-refractivity contribution in [3.8, 4) is 10.6 Å². The smallest absolute Gasteiger partial charge is 0.247 e. The van der Waals surface area contributed by atoms with E-state index in [1.54, 1.807) is 22.3 Å². The Bertz CT molecular complexity index is 1340. The molecule has 0 aliphatic carbocycles. The van der Waals surface area contributed by atoms with E-state index >= 15 is 0 Å². The lowest BCUT2D eigenvalue weighted by atomic mass is 9.93. The summed E-state index contributed by atoms with van der Waals surface area (Å²) in [6.07, 6.45) is 5.68. The summed E-state index contributed by atoms with van der Waals surface area (Å²) in [6.45, 7) is 0.992. The fraction of sp³-hybridized carbons (Fsp3) is 0.148. The minimum Gasteiger partial charge on any atom is -0.368 e. The topological polar surface area (TPSA) is 81.2 Å². The molecule has 34 heavy (non-hydrogen) atoms. The van der Waals surface area contributed by atoms with Gasteiger partial charge < -0.3 is 10.6 Å². The number of rotatable bonds is 6. The van der Waals surface area contributed by atoms with Crippen molar-refractivity contribution in [2.75, 3.05) is 0 Å². The minimum absolute atomic E-state index is 0.244. The van der Waals surface area contributed by atoms with Gasteiger partial charge in [0, 0.05) is 30.8 Å². The summed E-state index contributed by atoms with van der Waals surface area (Å²) in [4.78, 5) is 27.9. The lowest BCUT2D eigenvalue weighted by Crippen LogP contribution is -2.50. The Morgan fingerprint density at radius 2 is 1.79 bits per heavy atom. The molecule has 170 valence electrons. The number of primary amides is 1. The van der Waals surface area contributed by atoms with E-state index < -0.39 is 11.9 Å². The van der Waals surface area contributed by atoms with Crippen LogP contribution in [0.25, 0.3) is 16.6 Å². The number of thiophene rings is 1. The molecule has 2 aromatic heterocycles. The number of hydrogen-bond donors (Lipinski definition) is 1. The average molecular weight is 469 g/mol. The highest BCUT2D eigenvalue weighted by molar-refractivity contribution is 7.13. The number of carbonyl (C=O) groups is 2. The Morgan fingerprint density at radius 3 is 2.53 bits per heavy atom. The first-order chi connectivity index (χ1) is 16.6. The van der Waals surface area contributed by atoms with Gasteiger partial charge >= 0.3 is 0 Å². The van der Waals surface area contributed by atoms with Crippen LogP contribution < -0.4 is 5.73 Å². The third-order valence-electron chi connectivity index (χ3n) is 6.00. The molecule has 1 aliphatic heterocycles. The molecule has 3 heterocycles. The highest BCUT2D eigenvalue weighted by Crippen LogP contribution is 2.28. The third kappa shape index (κ3) is 4.56. The van der Waals surface area contributed by atoms with E-state index in [2.05, 4.69) is 12.1 Å². The Morgan fingerprint density at radius 1 is 1.03 bits per heavy atom. The molecule has 1 unspecified atom stereocenters. The maximum absolute atomic E-state index is 13.2. The van der Waals surface area contributed by atoms with Crippen LogP contribution in [0.15, 0.2) is 84.4 Å². The van der Waals surface area contributed by atoms with Gasteiger partial charge in [0.2, 0.25) is 11.8 Å². The van der Waals surface area contributed by atoms with E-state index in [0.29, 0.717) is 19.5 Å². The second-order valence-electron chi connectivity index (χ2n) is 8.28. The number of amides is 2. The summed E-state index contributed by atoms with van der Waals surface area (Å²) >= 11 is 1.60. The molecule has 0 fully saturated rings. The van der Waals surface area contributed by atoms with E-state index in [9.17, 15) is 9.59 Å². The van der Waals surface area contributed by atoms with Crippen molar-refractivity contribution in [3.63, 3.8) is 0 Å². The second-order valence-corrected chi connectivity index (χ2v) is 9.23. The van der Waals surface area contributed by atoms with E-state index in [-0.39, 0.29) is 5.91 Å². The number of fused-ring (bicyclic) bond motifs is 1. The minimum atomic E-state index is -0.662. The number of hydrogen-bond acceptors (Lipinski definition) is 4. The van der Waals surface area contributed by atoms with Crippen molar-refractivity contribution >= 4 is 29.2 Å². The summed E-state index contributed by atoms with van der Waals surface area (Å²) < 4.78 is 1.89. The zero-order valence-electron chi connectivity index (χ0n) is 18.5. The quantitative estimate of drug-likeness (QED) is 0.433. The van der Waals surface area contributed by atoms with Gasteiger partial charge in [-0.15, -0.1) is 11.3 Å². The SMILES string of the molecule is NC(=O)C1Cc2ccccc2CN1C(=O)/C=C/c1cn(Cc2ccccc2)nc1-c1cccs1. The van der Waals surface area contributed by atoms with Crippen molar-refractivity contribution in [2.45, 2.75) is 25.6 Å². The summed E-state index contributed by atoms with van der Waals surface area (Å²) in [7, 11) is 0. The molecule has 0 spiro atoms. The van der Waals surface area contributed by atoms with Crippen molar-refractivity contribution in [1.82, 2.24) is 14.7 Å². The molecule has 4 aromatic rings. The average Bonchev–Trinajstić information content (AvgIpc) is 3.52. The monoisotopic (exact) mass is 468 g/mol. The maximum Gasteiger partial charge on any atom is 0.247 e. The number of nitrogens with zero attached hydrogens (tertiary/aromatic N) is 3. The Kier molecular flexibility index (Phi) is 6.10. The van der Waals surface area contributed by atoms with Gasteiger partial charge in [0.25, 0.3) is 0 Å². The van der Waals surface area contributed by atoms with Crippen LogP contribution in [0.2, 0.25) is 0 Å². The first-order valence-corrected chi connectivity index (χ1v) is 12.0.